The van der Waals surface area contributed by atoms with E-state index in [9.17, 15) is 4.39 Å². The standard InChI is InChI=1S/C7H7F.C5H12O/c1-6-3-2-4-7(8)5-6;1-5(2)3-4-6/h2-5H,1H3;5-6H,3-4H2,1-2H3. The number of aliphatic hydroxyl groups excluding tert-OH is 1. The zero-order valence-electron chi connectivity index (χ0n) is 9.13. The molecule has 1 aromatic rings. The van der Waals surface area contributed by atoms with E-state index in [4.69, 9.17) is 5.11 Å². The zero-order valence-corrected chi connectivity index (χ0v) is 9.13. The highest BCUT2D eigenvalue weighted by molar-refractivity contribution is 5.13. The Morgan fingerprint density at radius 1 is 1.36 bits per heavy atom. The van der Waals surface area contributed by atoms with Crippen molar-refractivity contribution in [3.05, 3.63) is 35.6 Å². The lowest BCUT2D eigenvalue weighted by Crippen LogP contribution is -1.89. The Bertz CT molecular complexity index is 229. The molecule has 0 bridgehead atoms. The summed E-state index contributed by atoms with van der Waals surface area (Å²) in [6.07, 6.45) is 0.931. The number of rotatable bonds is 2. The van der Waals surface area contributed by atoms with Gasteiger partial charge in [0, 0.05) is 6.61 Å². The van der Waals surface area contributed by atoms with Crippen LogP contribution in [-0.4, -0.2) is 11.7 Å². The highest BCUT2D eigenvalue weighted by atomic mass is 19.1. The molecule has 0 aliphatic heterocycles. The van der Waals surface area contributed by atoms with Crippen molar-refractivity contribution >= 4 is 0 Å². The lowest BCUT2D eigenvalue weighted by Gasteiger charge is -1.95. The van der Waals surface area contributed by atoms with Gasteiger partial charge in [0.05, 0.1) is 0 Å². The first kappa shape index (κ1) is 13.1. The molecule has 0 heterocycles. The summed E-state index contributed by atoms with van der Waals surface area (Å²) in [5.74, 6) is 0.486. The highest BCUT2D eigenvalue weighted by Gasteiger charge is 1.86. The normalized spacial score (nSPS) is 9.57. The molecule has 2 heteroatoms. The van der Waals surface area contributed by atoms with Crippen LogP contribution in [-0.2, 0) is 0 Å². The average Bonchev–Trinajstić information content (AvgIpc) is 2.03. The number of halogens is 1. The van der Waals surface area contributed by atoms with Gasteiger partial charge in [0.1, 0.15) is 5.82 Å². The molecule has 0 radical (unpaired) electrons. The predicted octanol–water partition coefficient (Wildman–Crippen LogP) is 3.16. The third-order valence-corrected chi connectivity index (χ3v) is 1.69. The van der Waals surface area contributed by atoms with E-state index < -0.39 is 0 Å². The number of benzene rings is 1. The molecular formula is C12H19FO. The Hall–Kier alpha value is -0.890. The summed E-state index contributed by atoms with van der Waals surface area (Å²) in [4.78, 5) is 0. The van der Waals surface area contributed by atoms with Crippen LogP contribution in [0.5, 0.6) is 0 Å². The van der Waals surface area contributed by atoms with E-state index in [1.54, 1.807) is 6.07 Å². The molecule has 0 aliphatic carbocycles. The molecule has 0 unspecified atom stereocenters. The van der Waals surface area contributed by atoms with Gasteiger partial charge in [0.25, 0.3) is 0 Å². The minimum absolute atomic E-state index is 0.162. The predicted molar refractivity (Wildman–Crippen MR) is 57.7 cm³/mol. The number of hydrogen-bond donors (Lipinski definition) is 1. The summed E-state index contributed by atoms with van der Waals surface area (Å²) in [7, 11) is 0. The summed E-state index contributed by atoms with van der Waals surface area (Å²) in [6, 6.07) is 6.50. The van der Waals surface area contributed by atoms with Crippen molar-refractivity contribution in [2.45, 2.75) is 27.2 Å². The lowest BCUT2D eigenvalue weighted by molar-refractivity contribution is 0.268. The van der Waals surface area contributed by atoms with Gasteiger partial charge in [-0.15, -0.1) is 0 Å². The third kappa shape index (κ3) is 7.74. The van der Waals surface area contributed by atoms with E-state index in [2.05, 4.69) is 13.8 Å². The second kappa shape index (κ2) is 7.51. The van der Waals surface area contributed by atoms with Crippen molar-refractivity contribution in [2.75, 3.05) is 6.61 Å². The van der Waals surface area contributed by atoms with Gasteiger partial charge in [-0.3, -0.25) is 0 Å². The molecule has 0 spiro atoms. The van der Waals surface area contributed by atoms with E-state index in [0.717, 1.165) is 12.0 Å². The van der Waals surface area contributed by atoms with Gasteiger partial charge in [0.2, 0.25) is 0 Å². The van der Waals surface area contributed by atoms with Crippen LogP contribution in [0.25, 0.3) is 0 Å². The maximum absolute atomic E-state index is 12.2. The summed E-state index contributed by atoms with van der Waals surface area (Å²) >= 11 is 0. The van der Waals surface area contributed by atoms with Crippen molar-refractivity contribution in [1.29, 1.82) is 0 Å². The van der Waals surface area contributed by atoms with Gasteiger partial charge < -0.3 is 5.11 Å². The summed E-state index contributed by atoms with van der Waals surface area (Å²) in [6.45, 7) is 6.38. The molecule has 1 nitrogen and oxygen atoms in total. The number of aliphatic hydroxyl groups is 1. The quantitative estimate of drug-likeness (QED) is 0.774. The first-order chi connectivity index (χ1) is 6.56. The Kier molecular flexibility index (Phi) is 7.03. The highest BCUT2D eigenvalue weighted by Crippen LogP contribution is 1.99. The van der Waals surface area contributed by atoms with Gasteiger partial charge in [0.15, 0.2) is 0 Å². The number of hydrogen-bond acceptors (Lipinski definition) is 1. The van der Waals surface area contributed by atoms with Gasteiger partial charge in [-0.05, 0) is 37.0 Å². The number of aryl methyl sites for hydroxylation is 1. The second-order valence-corrected chi connectivity index (χ2v) is 3.71. The molecule has 0 saturated heterocycles. The minimum Gasteiger partial charge on any atom is -0.396 e. The van der Waals surface area contributed by atoms with E-state index in [1.165, 1.54) is 12.1 Å². The van der Waals surface area contributed by atoms with Gasteiger partial charge in [-0.2, -0.15) is 0 Å². The Labute approximate surface area is 85.6 Å². The molecule has 0 atom stereocenters. The van der Waals surface area contributed by atoms with Gasteiger partial charge >= 0.3 is 0 Å². The topological polar surface area (TPSA) is 20.2 Å². The van der Waals surface area contributed by atoms with Crippen LogP contribution in [0.3, 0.4) is 0 Å². The molecule has 1 rings (SSSR count). The van der Waals surface area contributed by atoms with Crippen LogP contribution in [0.15, 0.2) is 24.3 Å². The van der Waals surface area contributed by atoms with Crippen LogP contribution in [0.2, 0.25) is 0 Å². The van der Waals surface area contributed by atoms with E-state index in [-0.39, 0.29) is 5.82 Å². The summed E-state index contributed by atoms with van der Waals surface area (Å²) in [5, 5.41) is 8.24. The third-order valence-electron chi connectivity index (χ3n) is 1.69. The van der Waals surface area contributed by atoms with Crippen molar-refractivity contribution in [1.82, 2.24) is 0 Å². The van der Waals surface area contributed by atoms with Crippen LogP contribution < -0.4 is 0 Å². The van der Waals surface area contributed by atoms with Crippen molar-refractivity contribution in [2.24, 2.45) is 5.92 Å². The monoisotopic (exact) mass is 198 g/mol. The van der Waals surface area contributed by atoms with Gasteiger partial charge in [-0.1, -0.05) is 26.0 Å². The molecule has 0 fully saturated rings. The van der Waals surface area contributed by atoms with E-state index in [1.807, 2.05) is 13.0 Å². The first-order valence-corrected chi connectivity index (χ1v) is 4.89. The molecule has 0 aromatic heterocycles. The van der Waals surface area contributed by atoms with E-state index >= 15 is 0 Å². The second-order valence-electron chi connectivity index (χ2n) is 3.71. The smallest absolute Gasteiger partial charge is 0.123 e. The Balaban J connectivity index is 0.000000255. The fourth-order valence-electron chi connectivity index (χ4n) is 0.864. The van der Waals surface area contributed by atoms with Crippen LogP contribution in [0.1, 0.15) is 25.8 Å². The SMILES string of the molecule is CC(C)CCO.Cc1cccc(F)c1. The molecule has 0 aliphatic rings. The van der Waals surface area contributed by atoms with Crippen LogP contribution in [0.4, 0.5) is 4.39 Å². The lowest BCUT2D eigenvalue weighted by atomic mass is 10.2. The molecule has 0 amide bonds. The molecule has 14 heavy (non-hydrogen) atoms. The fourth-order valence-corrected chi connectivity index (χ4v) is 0.864. The Morgan fingerprint density at radius 3 is 2.21 bits per heavy atom. The minimum atomic E-state index is -0.162. The summed E-state index contributed by atoms with van der Waals surface area (Å²) in [5.41, 5.74) is 0.963. The fraction of sp³-hybridized carbons (Fsp3) is 0.500. The molecule has 80 valence electrons. The average molecular weight is 198 g/mol. The van der Waals surface area contributed by atoms with Crippen molar-refractivity contribution in [3.63, 3.8) is 0 Å². The van der Waals surface area contributed by atoms with Crippen molar-refractivity contribution < 1.29 is 9.50 Å². The summed E-state index contributed by atoms with van der Waals surface area (Å²) < 4.78 is 12.2. The maximum atomic E-state index is 12.2. The molecule has 1 N–H and O–H groups in total. The Morgan fingerprint density at radius 2 is 2.00 bits per heavy atom. The van der Waals surface area contributed by atoms with Gasteiger partial charge in [-0.25, -0.2) is 4.39 Å². The van der Waals surface area contributed by atoms with Crippen LogP contribution >= 0.6 is 0 Å². The first-order valence-electron chi connectivity index (χ1n) is 4.89. The van der Waals surface area contributed by atoms with Crippen molar-refractivity contribution in [3.8, 4) is 0 Å². The largest absolute Gasteiger partial charge is 0.396 e. The maximum Gasteiger partial charge on any atom is 0.123 e. The molecule has 0 saturated carbocycles. The zero-order chi connectivity index (χ0) is 11.0. The molecular weight excluding hydrogens is 179 g/mol. The molecule has 1 aromatic carbocycles. The van der Waals surface area contributed by atoms with Crippen LogP contribution in [0, 0.1) is 18.7 Å². The van der Waals surface area contributed by atoms with E-state index in [0.29, 0.717) is 12.5 Å².